The van der Waals surface area contributed by atoms with Gasteiger partial charge in [-0.05, 0) is 24.3 Å². The average Bonchev–Trinajstić information content (AvgIpc) is 3.13. The van der Waals surface area contributed by atoms with Gasteiger partial charge in [-0.15, -0.1) is 0 Å². The van der Waals surface area contributed by atoms with Gasteiger partial charge in [0.05, 0.1) is 17.5 Å². The molecule has 8 heteroatoms. The van der Waals surface area contributed by atoms with Crippen molar-refractivity contribution in [1.82, 2.24) is 5.01 Å². The molecule has 116 valence electrons. The van der Waals surface area contributed by atoms with Crippen LogP contribution in [0.5, 0.6) is 0 Å². The molecule has 0 spiro atoms. The summed E-state index contributed by atoms with van der Waals surface area (Å²) in [6, 6.07) is 9.83. The monoisotopic (exact) mass is 346 g/mol. The molecule has 0 unspecified atom stereocenters. The number of furan rings is 1. The summed E-state index contributed by atoms with van der Waals surface area (Å²) in [6.07, 6.45) is 1.40. The van der Waals surface area contributed by atoms with Crippen molar-refractivity contribution in [2.24, 2.45) is 5.10 Å². The summed E-state index contributed by atoms with van der Waals surface area (Å²) in [5, 5.41) is 14.2. The smallest absolute Gasteiger partial charge is 0.335 e. The van der Waals surface area contributed by atoms with E-state index in [1.54, 1.807) is 24.3 Å². The van der Waals surface area contributed by atoms with Gasteiger partial charge < -0.3 is 9.52 Å². The minimum Gasteiger partial charge on any atom is -0.478 e. The van der Waals surface area contributed by atoms with E-state index in [4.69, 9.17) is 21.7 Å². The molecule has 6 nitrogen and oxygen atoms in total. The second-order valence-corrected chi connectivity index (χ2v) is 6.20. The Bertz CT molecular complexity index is 812. The topological polar surface area (TPSA) is 83.1 Å². The third kappa shape index (κ3) is 3.33. The fourth-order valence-corrected chi connectivity index (χ4v) is 2.92. The second kappa shape index (κ2) is 6.35. The van der Waals surface area contributed by atoms with Crippen molar-refractivity contribution in [2.45, 2.75) is 0 Å². The molecule has 1 fully saturated rings. The maximum atomic E-state index is 11.6. The maximum absolute atomic E-state index is 11.6. The van der Waals surface area contributed by atoms with E-state index in [2.05, 4.69) is 5.10 Å². The van der Waals surface area contributed by atoms with Crippen LogP contribution in [0.25, 0.3) is 11.3 Å². The van der Waals surface area contributed by atoms with Gasteiger partial charge in [-0.3, -0.25) is 4.79 Å². The number of thiocarbonyl (C=S) groups is 1. The zero-order valence-corrected chi connectivity index (χ0v) is 13.3. The van der Waals surface area contributed by atoms with Crippen molar-refractivity contribution >= 4 is 46.4 Å². The number of carbonyl (C=O) groups excluding carboxylic acids is 1. The van der Waals surface area contributed by atoms with Gasteiger partial charge in [0, 0.05) is 5.56 Å². The molecular weight excluding hydrogens is 336 g/mol. The Kier molecular flexibility index (Phi) is 4.26. The Morgan fingerprint density at radius 3 is 2.91 bits per heavy atom. The predicted octanol–water partition coefficient (Wildman–Crippen LogP) is 2.84. The van der Waals surface area contributed by atoms with Crippen LogP contribution in [0.3, 0.4) is 0 Å². The van der Waals surface area contributed by atoms with Crippen LogP contribution in [0.15, 0.2) is 45.9 Å². The molecule has 0 atom stereocenters. The zero-order chi connectivity index (χ0) is 16.4. The molecule has 0 saturated carbocycles. The summed E-state index contributed by atoms with van der Waals surface area (Å²) in [5.41, 5.74) is 0.826. The largest absolute Gasteiger partial charge is 0.478 e. The molecule has 23 heavy (non-hydrogen) atoms. The highest BCUT2D eigenvalue weighted by Gasteiger charge is 2.26. The van der Waals surface area contributed by atoms with Crippen LogP contribution in [-0.4, -0.2) is 38.3 Å². The Morgan fingerprint density at radius 1 is 1.39 bits per heavy atom. The van der Waals surface area contributed by atoms with Crippen LogP contribution in [0.2, 0.25) is 0 Å². The second-order valence-electron chi connectivity index (χ2n) is 4.59. The minimum absolute atomic E-state index is 0.169. The number of carboxylic acids is 1. The summed E-state index contributed by atoms with van der Waals surface area (Å²) >= 11 is 6.28. The molecule has 2 aromatic rings. The Morgan fingerprint density at radius 2 is 2.22 bits per heavy atom. The molecule has 1 N–H and O–H groups in total. The van der Waals surface area contributed by atoms with Crippen molar-refractivity contribution in [3.05, 3.63) is 47.7 Å². The fourth-order valence-electron chi connectivity index (χ4n) is 1.96. The van der Waals surface area contributed by atoms with Gasteiger partial charge >= 0.3 is 5.97 Å². The number of nitrogens with zero attached hydrogens (tertiary/aromatic N) is 2. The first-order valence-corrected chi connectivity index (χ1v) is 7.91. The lowest BCUT2D eigenvalue weighted by atomic mass is 10.1. The van der Waals surface area contributed by atoms with Crippen molar-refractivity contribution in [3.63, 3.8) is 0 Å². The van der Waals surface area contributed by atoms with Crippen molar-refractivity contribution in [1.29, 1.82) is 0 Å². The van der Waals surface area contributed by atoms with E-state index in [0.717, 1.165) is 5.01 Å². The molecule has 1 aliphatic heterocycles. The number of rotatable bonds is 4. The molecule has 2 heterocycles. The van der Waals surface area contributed by atoms with E-state index < -0.39 is 5.97 Å². The van der Waals surface area contributed by atoms with Gasteiger partial charge in [0.15, 0.2) is 4.32 Å². The van der Waals surface area contributed by atoms with Crippen molar-refractivity contribution < 1.29 is 19.1 Å². The van der Waals surface area contributed by atoms with Crippen molar-refractivity contribution in [3.8, 4) is 11.3 Å². The van der Waals surface area contributed by atoms with Gasteiger partial charge in [-0.25, -0.2) is 4.79 Å². The number of carbonyl (C=O) groups is 2. The number of amides is 1. The number of hydrazone groups is 1. The van der Waals surface area contributed by atoms with Crippen LogP contribution < -0.4 is 0 Å². The molecule has 1 aromatic carbocycles. The van der Waals surface area contributed by atoms with E-state index in [1.807, 2.05) is 0 Å². The number of hydrogen-bond donors (Lipinski definition) is 1. The quantitative estimate of drug-likeness (QED) is 0.677. The molecule has 0 radical (unpaired) electrons. The summed E-state index contributed by atoms with van der Waals surface area (Å²) in [5.74, 6) is 0.0742. The molecule has 1 saturated heterocycles. The van der Waals surface area contributed by atoms with Crippen molar-refractivity contribution in [2.75, 3.05) is 5.75 Å². The van der Waals surface area contributed by atoms with Crippen LogP contribution in [-0.2, 0) is 4.79 Å². The molecule has 1 amide bonds. The Balaban J connectivity index is 1.81. The zero-order valence-electron chi connectivity index (χ0n) is 11.6. The number of hydrogen-bond acceptors (Lipinski definition) is 6. The number of carboxylic acid groups (broad SMARTS) is 1. The molecule has 3 rings (SSSR count). The fraction of sp³-hybridized carbons (Fsp3) is 0.0667. The van der Waals surface area contributed by atoms with Gasteiger partial charge in [-0.2, -0.15) is 10.1 Å². The summed E-state index contributed by atoms with van der Waals surface area (Å²) in [7, 11) is 0. The van der Waals surface area contributed by atoms with Gasteiger partial charge in [0.1, 0.15) is 11.5 Å². The third-order valence-electron chi connectivity index (χ3n) is 3.05. The first-order chi connectivity index (χ1) is 11.0. The number of aromatic carboxylic acids is 1. The van der Waals surface area contributed by atoms with E-state index >= 15 is 0 Å². The summed E-state index contributed by atoms with van der Waals surface area (Å²) in [6.45, 7) is 0. The minimum atomic E-state index is -1.00. The van der Waals surface area contributed by atoms with Crippen LogP contribution in [0.4, 0.5) is 0 Å². The maximum Gasteiger partial charge on any atom is 0.335 e. The van der Waals surface area contributed by atoms with Crippen LogP contribution in [0.1, 0.15) is 16.1 Å². The van der Waals surface area contributed by atoms with Gasteiger partial charge in [-0.1, -0.05) is 36.1 Å². The summed E-state index contributed by atoms with van der Waals surface area (Å²) in [4.78, 5) is 22.5. The molecule has 1 aromatic heterocycles. The molecular formula is C15H10N2O4S2. The first-order valence-electron chi connectivity index (χ1n) is 6.52. The number of benzene rings is 1. The molecule has 1 aliphatic rings. The molecule has 0 bridgehead atoms. The van der Waals surface area contributed by atoms with Crippen LogP contribution >= 0.6 is 24.0 Å². The molecule has 0 aliphatic carbocycles. The SMILES string of the molecule is O=C(O)c1cccc(-c2ccc(/C=N/N3C(=O)CSC3=S)o2)c1. The normalized spacial score (nSPS) is 14.9. The Labute approximate surface area is 140 Å². The highest BCUT2D eigenvalue weighted by molar-refractivity contribution is 8.23. The summed E-state index contributed by atoms with van der Waals surface area (Å²) < 4.78 is 6.01. The highest BCUT2D eigenvalue weighted by Crippen LogP contribution is 2.23. The standard InChI is InChI=1S/C15H10N2O4S2/c18-13-8-23-15(22)17(13)16-7-11-4-5-12(21-11)9-2-1-3-10(6-9)14(19)20/h1-7H,8H2,(H,19,20)/b16-7+. The predicted molar refractivity (Wildman–Crippen MR) is 90.6 cm³/mol. The van der Waals surface area contributed by atoms with Gasteiger partial charge in [0.2, 0.25) is 0 Å². The lowest BCUT2D eigenvalue weighted by molar-refractivity contribution is -0.124. The lowest BCUT2D eigenvalue weighted by Crippen LogP contribution is -2.22. The first kappa shape index (κ1) is 15.4. The Hall–Kier alpha value is -2.45. The van der Waals surface area contributed by atoms with Gasteiger partial charge in [0.25, 0.3) is 5.91 Å². The third-order valence-corrected chi connectivity index (χ3v) is 4.39. The van der Waals surface area contributed by atoms with E-state index in [-0.39, 0.29) is 11.5 Å². The highest BCUT2D eigenvalue weighted by atomic mass is 32.2. The van der Waals surface area contributed by atoms with E-state index in [1.165, 1.54) is 30.1 Å². The van der Waals surface area contributed by atoms with E-state index in [9.17, 15) is 9.59 Å². The van der Waals surface area contributed by atoms with E-state index in [0.29, 0.717) is 27.2 Å². The van der Waals surface area contributed by atoms with Crippen LogP contribution in [0, 0.1) is 0 Å². The average molecular weight is 346 g/mol. The number of thioether (sulfide) groups is 1. The lowest BCUT2D eigenvalue weighted by Gasteiger charge is -2.05.